The first kappa shape index (κ1) is 31.2. The van der Waals surface area contributed by atoms with Gasteiger partial charge < -0.3 is 20.4 Å². The Morgan fingerprint density at radius 2 is 0.935 bits per heavy atom. The SMILES string of the molecule is Bc1c(B)c(C)c(-c2ccc3c(-c4c(C)c(C)c(C)c(O)c4O)c4ccccc4c(-c4c(C)cc(C)c(O)c4O)c3c2)c(B)c1C. The highest BCUT2D eigenvalue weighted by Gasteiger charge is 2.27. The van der Waals surface area contributed by atoms with E-state index in [1.807, 2.05) is 58.0 Å². The van der Waals surface area contributed by atoms with Gasteiger partial charge in [0.2, 0.25) is 0 Å². The van der Waals surface area contributed by atoms with E-state index in [0.29, 0.717) is 22.3 Å². The van der Waals surface area contributed by atoms with Gasteiger partial charge in [-0.25, -0.2) is 0 Å². The van der Waals surface area contributed by atoms with E-state index in [1.54, 1.807) is 6.92 Å². The van der Waals surface area contributed by atoms with Crippen molar-refractivity contribution in [2.75, 3.05) is 0 Å². The molecule has 4 nitrogen and oxygen atoms in total. The highest BCUT2D eigenvalue weighted by atomic mass is 16.3. The molecule has 0 heterocycles. The molecule has 0 aliphatic rings. The van der Waals surface area contributed by atoms with Crippen LogP contribution in [0.25, 0.3) is 54.9 Å². The molecule has 0 spiro atoms. The van der Waals surface area contributed by atoms with Crippen molar-refractivity contribution in [1.82, 2.24) is 0 Å². The predicted molar refractivity (Wildman–Crippen MR) is 202 cm³/mol. The fraction of sp³-hybridized carbons (Fsp3) is 0.179. The van der Waals surface area contributed by atoms with Crippen molar-refractivity contribution in [2.45, 2.75) is 48.5 Å². The van der Waals surface area contributed by atoms with Gasteiger partial charge in [0.1, 0.15) is 23.5 Å². The summed E-state index contributed by atoms with van der Waals surface area (Å²) in [4.78, 5) is 0. The van der Waals surface area contributed by atoms with E-state index >= 15 is 0 Å². The lowest BCUT2D eigenvalue weighted by Gasteiger charge is -2.24. The Hall–Kier alpha value is -4.77. The van der Waals surface area contributed by atoms with Crippen molar-refractivity contribution in [3.8, 4) is 56.4 Å². The number of benzene rings is 6. The maximum atomic E-state index is 11.6. The van der Waals surface area contributed by atoms with Crippen molar-refractivity contribution in [3.05, 3.63) is 87.5 Å². The molecule has 6 aromatic rings. The lowest BCUT2D eigenvalue weighted by atomic mass is 9.67. The van der Waals surface area contributed by atoms with Crippen LogP contribution in [0.5, 0.6) is 23.0 Å². The van der Waals surface area contributed by atoms with Crippen molar-refractivity contribution in [1.29, 1.82) is 0 Å². The van der Waals surface area contributed by atoms with Gasteiger partial charge in [0.15, 0.2) is 23.0 Å². The summed E-state index contributed by atoms with van der Waals surface area (Å²) < 4.78 is 0. The van der Waals surface area contributed by atoms with E-state index in [0.717, 1.165) is 54.9 Å². The molecule has 46 heavy (non-hydrogen) atoms. The molecule has 7 heteroatoms. The van der Waals surface area contributed by atoms with Crippen LogP contribution < -0.4 is 16.4 Å². The van der Waals surface area contributed by atoms with Gasteiger partial charge in [-0.05, 0) is 115 Å². The Morgan fingerprint density at radius 3 is 1.57 bits per heavy atom. The summed E-state index contributed by atoms with van der Waals surface area (Å²) in [6, 6.07) is 16.3. The molecule has 0 amide bonds. The number of aromatic hydroxyl groups is 4. The van der Waals surface area contributed by atoms with Gasteiger partial charge in [0.05, 0.1) is 0 Å². The van der Waals surface area contributed by atoms with Crippen LogP contribution in [0.2, 0.25) is 0 Å². The molecule has 0 saturated carbocycles. The van der Waals surface area contributed by atoms with Gasteiger partial charge in [-0.3, -0.25) is 0 Å². The van der Waals surface area contributed by atoms with Crippen LogP contribution >= 0.6 is 0 Å². The largest absolute Gasteiger partial charge is 0.504 e. The smallest absolute Gasteiger partial charge is 0.166 e. The van der Waals surface area contributed by atoms with E-state index in [9.17, 15) is 20.4 Å². The Labute approximate surface area is 273 Å². The molecule has 228 valence electrons. The van der Waals surface area contributed by atoms with E-state index in [2.05, 4.69) is 55.6 Å². The Kier molecular flexibility index (Phi) is 7.43. The molecule has 0 unspecified atom stereocenters. The van der Waals surface area contributed by atoms with Crippen molar-refractivity contribution >= 4 is 61.5 Å². The van der Waals surface area contributed by atoms with Crippen LogP contribution in [0.3, 0.4) is 0 Å². The molecule has 4 N–H and O–H groups in total. The summed E-state index contributed by atoms with van der Waals surface area (Å²) in [7, 11) is 6.52. The number of fused-ring (bicyclic) bond motifs is 2. The van der Waals surface area contributed by atoms with Crippen LogP contribution in [-0.4, -0.2) is 44.0 Å². The topological polar surface area (TPSA) is 80.9 Å². The number of hydrogen-bond donors (Lipinski definition) is 4. The van der Waals surface area contributed by atoms with Gasteiger partial charge >= 0.3 is 0 Å². The zero-order valence-electron chi connectivity index (χ0n) is 28.4. The summed E-state index contributed by atoms with van der Waals surface area (Å²) in [5.41, 5.74) is 15.2. The fourth-order valence-electron chi connectivity index (χ4n) is 7.50. The van der Waals surface area contributed by atoms with Gasteiger partial charge in [-0.1, -0.05) is 70.0 Å². The quantitative estimate of drug-likeness (QED) is 0.134. The maximum Gasteiger partial charge on any atom is 0.166 e. The van der Waals surface area contributed by atoms with Crippen molar-refractivity contribution < 1.29 is 20.4 Å². The van der Waals surface area contributed by atoms with Gasteiger partial charge in [-0.15, -0.1) is 0 Å². The van der Waals surface area contributed by atoms with Crippen LogP contribution in [0.4, 0.5) is 0 Å². The van der Waals surface area contributed by atoms with Crippen molar-refractivity contribution in [3.63, 3.8) is 0 Å². The monoisotopic (exact) mass is 604 g/mol. The third-order valence-electron chi connectivity index (χ3n) is 10.8. The molecule has 0 radical (unpaired) electrons. The zero-order valence-corrected chi connectivity index (χ0v) is 28.4. The highest BCUT2D eigenvalue weighted by molar-refractivity contribution is 6.53. The fourth-order valence-corrected chi connectivity index (χ4v) is 7.50. The van der Waals surface area contributed by atoms with E-state index in [-0.39, 0.29) is 23.0 Å². The molecule has 0 saturated heterocycles. The van der Waals surface area contributed by atoms with Crippen LogP contribution in [0.1, 0.15) is 38.9 Å². The van der Waals surface area contributed by atoms with E-state index in [1.165, 1.54) is 33.1 Å². The summed E-state index contributed by atoms with van der Waals surface area (Å²) in [5.74, 6) is -0.557. The highest BCUT2D eigenvalue weighted by Crippen LogP contribution is 2.53. The van der Waals surface area contributed by atoms with Gasteiger partial charge in [0, 0.05) is 22.3 Å². The normalized spacial score (nSPS) is 11.5. The molecule has 0 bridgehead atoms. The average Bonchev–Trinajstić information content (AvgIpc) is 3.04. The van der Waals surface area contributed by atoms with Crippen LogP contribution in [0, 0.1) is 48.5 Å². The molecule has 0 fully saturated rings. The Morgan fingerprint density at radius 1 is 0.391 bits per heavy atom. The summed E-state index contributed by atoms with van der Waals surface area (Å²) in [6.45, 7) is 13.9. The molecule has 6 rings (SSSR count). The summed E-state index contributed by atoms with van der Waals surface area (Å²) in [6.07, 6.45) is 0. The summed E-state index contributed by atoms with van der Waals surface area (Å²) >= 11 is 0. The molecular weight excluding hydrogens is 565 g/mol. The second-order valence-corrected chi connectivity index (χ2v) is 13.1. The average molecular weight is 604 g/mol. The van der Waals surface area contributed by atoms with Crippen LogP contribution in [0.15, 0.2) is 48.5 Å². The van der Waals surface area contributed by atoms with Crippen molar-refractivity contribution in [2.24, 2.45) is 0 Å². The van der Waals surface area contributed by atoms with E-state index < -0.39 is 0 Å². The second kappa shape index (κ2) is 10.9. The molecular formula is C39H39B3O4. The first-order valence-corrected chi connectivity index (χ1v) is 15.8. The molecule has 0 aromatic heterocycles. The number of phenols is 4. The third-order valence-corrected chi connectivity index (χ3v) is 10.8. The Balaban J connectivity index is 1.90. The minimum absolute atomic E-state index is 0.121. The number of hydrogen-bond acceptors (Lipinski definition) is 4. The maximum absolute atomic E-state index is 11.6. The molecule has 0 aliphatic heterocycles. The predicted octanol–water partition coefficient (Wildman–Crippen LogP) is 4.75. The van der Waals surface area contributed by atoms with Crippen LogP contribution in [-0.2, 0) is 0 Å². The zero-order chi connectivity index (χ0) is 33.5. The lowest BCUT2D eigenvalue weighted by Crippen LogP contribution is -2.37. The summed E-state index contributed by atoms with van der Waals surface area (Å²) in [5, 5.41) is 48.7. The minimum atomic E-state index is -0.153. The first-order chi connectivity index (χ1) is 21.7. The van der Waals surface area contributed by atoms with Gasteiger partial charge in [-0.2, -0.15) is 0 Å². The number of rotatable bonds is 3. The Bertz CT molecular complexity index is 2250. The lowest BCUT2D eigenvalue weighted by molar-refractivity contribution is 0.402. The standard InChI is InChI=1S/C39H39B3O4/c1-16-14-17(2)36(43)38(45)28(16)32-25-11-9-8-10-24(25)31(30-19(4)18(3)20(5)37(44)39(30)46)26-13-12-23(15-27(26)32)29-21(6)34(41)35(42)22(7)33(29)40/h8-15,43-46H,40-42H2,1-7H3. The minimum Gasteiger partial charge on any atom is -0.504 e. The van der Waals surface area contributed by atoms with Gasteiger partial charge in [0.25, 0.3) is 0 Å². The molecule has 0 aliphatic carbocycles. The second-order valence-electron chi connectivity index (χ2n) is 13.1. The molecule has 0 atom stereocenters. The first-order valence-electron chi connectivity index (χ1n) is 15.8. The number of aryl methyl sites for hydroxylation is 2. The number of phenolic OH excluding ortho intramolecular Hbond substituents is 4. The third kappa shape index (κ3) is 4.32. The molecule has 6 aromatic carbocycles. The van der Waals surface area contributed by atoms with E-state index in [4.69, 9.17) is 0 Å².